The lowest BCUT2D eigenvalue weighted by atomic mass is 10.1. The molecule has 0 radical (unpaired) electrons. The summed E-state index contributed by atoms with van der Waals surface area (Å²) in [6.07, 6.45) is 2.25. The Balaban J connectivity index is 1.89. The summed E-state index contributed by atoms with van der Waals surface area (Å²) < 4.78 is 30.5. The fourth-order valence-corrected chi connectivity index (χ4v) is 3.46. The molecule has 1 aliphatic heterocycles. The van der Waals surface area contributed by atoms with Gasteiger partial charge in [0.25, 0.3) is 10.0 Å². The number of nitrogens with zero attached hydrogens (tertiary/aromatic N) is 3. The molecule has 7 nitrogen and oxygen atoms in total. The van der Waals surface area contributed by atoms with Crippen LogP contribution in [0.3, 0.4) is 0 Å². The number of ether oxygens (including phenoxy) is 1. The van der Waals surface area contributed by atoms with Gasteiger partial charge in [-0.25, -0.2) is 13.6 Å². The zero-order valence-corrected chi connectivity index (χ0v) is 14.0. The zero-order chi connectivity index (χ0) is 16.6. The van der Waals surface area contributed by atoms with E-state index in [0.717, 1.165) is 24.4 Å². The van der Waals surface area contributed by atoms with E-state index in [1.165, 1.54) is 0 Å². The molecule has 0 atom stereocenters. The molecule has 1 saturated heterocycles. The lowest BCUT2D eigenvalue weighted by Crippen LogP contribution is -2.45. The molecule has 23 heavy (non-hydrogen) atoms. The second kappa shape index (κ2) is 5.95. The topological polar surface area (TPSA) is 90.4 Å². The van der Waals surface area contributed by atoms with Crippen LogP contribution >= 0.6 is 0 Å². The van der Waals surface area contributed by atoms with Gasteiger partial charge in [-0.1, -0.05) is 12.1 Å². The van der Waals surface area contributed by atoms with E-state index in [0.29, 0.717) is 12.0 Å². The number of likely N-dealkylation sites (tertiary alicyclic amines) is 1. The number of rotatable bonds is 5. The summed E-state index contributed by atoms with van der Waals surface area (Å²) in [5, 5.41) is 9.50. The van der Waals surface area contributed by atoms with Crippen molar-refractivity contribution in [2.75, 3.05) is 27.2 Å². The monoisotopic (exact) mass is 336 g/mol. The third-order valence-corrected chi connectivity index (χ3v) is 4.89. The predicted molar refractivity (Wildman–Crippen MR) is 85.9 cm³/mol. The lowest BCUT2D eigenvalue weighted by Gasteiger charge is -2.36. The Morgan fingerprint density at radius 2 is 1.96 bits per heavy atom. The maximum absolute atomic E-state index is 11.8. The Hall–Kier alpha value is -1.90. The standard InChI is InChI=1S/C15H20N4O3S/c1-18-9-13(10-18)19-8-12(15(17-19)23(16,20)21)7-11-3-5-14(22-2)6-4-11/h3-6,8,13H,7,9-10H2,1-2H3,(H2,16,20,21). The molecule has 3 rings (SSSR count). The van der Waals surface area contributed by atoms with Gasteiger partial charge in [-0.15, -0.1) is 0 Å². The highest BCUT2D eigenvalue weighted by Crippen LogP contribution is 2.24. The van der Waals surface area contributed by atoms with Gasteiger partial charge in [0.15, 0.2) is 5.03 Å². The molecule has 1 fully saturated rings. The maximum atomic E-state index is 11.8. The van der Waals surface area contributed by atoms with Gasteiger partial charge in [0, 0.05) is 31.3 Å². The minimum Gasteiger partial charge on any atom is -0.497 e. The highest BCUT2D eigenvalue weighted by atomic mass is 32.2. The van der Waals surface area contributed by atoms with Gasteiger partial charge in [0.2, 0.25) is 0 Å². The van der Waals surface area contributed by atoms with Crippen molar-refractivity contribution in [3.8, 4) is 5.75 Å². The highest BCUT2D eigenvalue weighted by Gasteiger charge is 2.28. The van der Waals surface area contributed by atoms with Crippen molar-refractivity contribution in [3.63, 3.8) is 0 Å². The molecule has 8 heteroatoms. The quantitative estimate of drug-likeness (QED) is 0.864. The predicted octanol–water partition coefficient (Wildman–Crippen LogP) is 0.616. The number of methoxy groups -OCH3 is 1. The van der Waals surface area contributed by atoms with Crippen molar-refractivity contribution >= 4 is 10.0 Å². The molecule has 1 aromatic carbocycles. The van der Waals surface area contributed by atoms with Gasteiger partial charge in [0.05, 0.1) is 13.2 Å². The summed E-state index contributed by atoms with van der Waals surface area (Å²) >= 11 is 0. The molecule has 2 aromatic rings. The van der Waals surface area contributed by atoms with Crippen molar-refractivity contribution in [1.29, 1.82) is 0 Å². The second-order valence-electron chi connectivity index (χ2n) is 5.88. The first-order valence-corrected chi connectivity index (χ1v) is 8.84. The summed E-state index contributed by atoms with van der Waals surface area (Å²) in [5.74, 6) is 0.758. The smallest absolute Gasteiger partial charge is 0.257 e. The number of nitrogens with two attached hydrogens (primary N) is 1. The molecule has 0 saturated carbocycles. The number of hydrogen-bond donors (Lipinski definition) is 1. The SMILES string of the molecule is COc1ccc(Cc2cn(C3CN(C)C3)nc2S(N)(=O)=O)cc1. The Labute approximate surface area is 135 Å². The van der Waals surface area contributed by atoms with Gasteiger partial charge in [-0.2, -0.15) is 5.10 Å². The van der Waals surface area contributed by atoms with E-state index in [-0.39, 0.29) is 11.1 Å². The molecule has 0 bridgehead atoms. The van der Waals surface area contributed by atoms with Crippen LogP contribution in [0, 0.1) is 0 Å². The number of likely N-dealkylation sites (N-methyl/N-ethyl adjacent to an activating group) is 1. The average molecular weight is 336 g/mol. The van der Waals surface area contributed by atoms with Gasteiger partial charge >= 0.3 is 0 Å². The van der Waals surface area contributed by atoms with Gasteiger partial charge in [-0.3, -0.25) is 4.68 Å². The summed E-state index contributed by atoms with van der Waals surface area (Å²) in [6, 6.07) is 7.69. The van der Waals surface area contributed by atoms with Gasteiger partial charge < -0.3 is 9.64 Å². The van der Waals surface area contributed by atoms with Crippen LogP contribution in [0.5, 0.6) is 5.75 Å². The van der Waals surface area contributed by atoms with Crippen LogP contribution in [0.15, 0.2) is 35.5 Å². The van der Waals surface area contributed by atoms with Crippen LogP contribution in [0.4, 0.5) is 0 Å². The molecule has 0 spiro atoms. The average Bonchev–Trinajstić information content (AvgIpc) is 2.88. The van der Waals surface area contributed by atoms with Crippen molar-refractivity contribution < 1.29 is 13.2 Å². The summed E-state index contributed by atoms with van der Waals surface area (Å²) in [5.41, 5.74) is 1.59. The molecular formula is C15H20N4O3S. The molecule has 1 aromatic heterocycles. The first kappa shape index (κ1) is 16.0. The lowest BCUT2D eigenvalue weighted by molar-refractivity contribution is 0.129. The van der Waals surface area contributed by atoms with E-state index in [1.807, 2.05) is 31.3 Å². The normalized spacial score (nSPS) is 16.3. The van der Waals surface area contributed by atoms with Crippen LogP contribution in [-0.2, 0) is 16.4 Å². The second-order valence-corrected chi connectivity index (χ2v) is 7.36. The molecule has 1 aliphatic rings. The van der Waals surface area contributed by atoms with Gasteiger partial charge in [-0.05, 0) is 24.7 Å². The van der Waals surface area contributed by atoms with E-state index in [2.05, 4.69) is 10.00 Å². The first-order valence-electron chi connectivity index (χ1n) is 7.29. The zero-order valence-electron chi connectivity index (χ0n) is 13.1. The number of benzene rings is 1. The van der Waals surface area contributed by atoms with Crippen molar-refractivity contribution in [2.24, 2.45) is 5.14 Å². The van der Waals surface area contributed by atoms with Crippen LogP contribution in [-0.4, -0.2) is 50.3 Å². The maximum Gasteiger partial charge on any atom is 0.257 e. The molecule has 0 aliphatic carbocycles. The van der Waals surface area contributed by atoms with E-state index in [1.54, 1.807) is 18.0 Å². The fraction of sp³-hybridized carbons (Fsp3) is 0.400. The van der Waals surface area contributed by atoms with Crippen molar-refractivity contribution in [3.05, 3.63) is 41.6 Å². The largest absolute Gasteiger partial charge is 0.497 e. The number of aromatic nitrogens is 2. The van der Waals surface area contributed by atoms with E-state index < -0.39 is 10.0 Å². The molecule has 2 N–H and O–H groups in total. The Bertz CT molecular complexity index is 793. The molecule has 0 unspecified atom stereocenters. The minimum atomic E-state index is -3.85. The first-order chi connectivity index (χ1) is 10.9. The van der Waals surface area contributed by atoms with Crippen LogP contribution < -0.4 is 9.88 Å². The van der Waals surface area contributed by atoms with E-state index >= 15 is 0 Å². The third kappa shape index (κ3) is 3.39. The van der Waals surface area contributed by atoms with E-state index in [4.69, 9.17) is 9.88 Å². The van der Waals surface area contributed by atoms with Crippen LogP contribution in [0.2, 0.25) is 0 Å². The molecule has 2 heterocycles. The number of hydrogen-bond acceptors (Lipinski definition) is 5. The summed E-state index contributed by atoms with van der Waals surface area (Å²) in [6.45, 7) is 1.71. The summed E-state index contributed by atoms with van der Waals surface area (Å²) in [4.78, 5) is 2.14. The highest BCUT2D eigenvalue weighted by molar-refractivity contribution is 7.89. The Morgan fingerprint density at radius 3 is 2.48 bits per heavy atom. The molecular weight excluding hydrogens is 316 g/mol. The number of primary sulfonamides is 1. The van der Waals surface area contributed by atoms with Crippen LogP contribution in [0.1, 0.15) is 17.2 Å². The Morgan fingerprint density at radius 1 is 1.30 bits per heavy atom. The number of sulfonamides is 1. The third-order valence-electron chi connectivity index (χ3n) is 4.01. The summed E-state index contributed by atoms with van der Waals surface area (Å²) in [7, 11) is -0.229. The minimum absolute atomic E-state index is 0.0390. The Kier molecular flexibility index (Phi) is 4.13. The molecule has 124 valence electrons. The van der Waals surface area contributed by atoms with Crippen LogP contribution in [0.25, 0.3) is 0 Å². The van der Waals surface area contributed by atoms with Gasteiger partial charge in [0.1, 0.15) is 5.75 Å². The molecule has 0 amide bonds. The fourth-order valence-electron chi connectivity index (χ4n) is 2.76. The van der Waals surface area contributed by atoms with Crippen molar-refractivity contribution in [2.45, 2.75) is 17.5 Å². The van der Waals surface area contributed by atoms with E-state index in [9.17, 15) is 8.42 Å². The van der Waals surface area contributed by atoms with Crippen molar-refractivity contribution in [1.82, 2.24) is 14.7 Å².